The van der Waals surface area contributed by atoms with Gasteiger partial charge in [0.15, 0.2) is 0 Å². The SMILES string of the molecule is OC[C@@H]1C(c2ccccc2)C1(F)F. The van der Waals surface area contributed by atoms with Gasteiger partial charge in [-0.2, -0.15) is 0 Å². The van der Waals surface area contributed by atoms with Crippen molar-refractivity contribution in [1.82, 2.24) is 0 Å². The van der Waals surface area contributed by atoms with E-state index in [1.54, 1.807) is 30.3 Å². The summed E-state index contributed by atoms with van der Waals surface area (Å²) in [5, 5.41) is 8.69. The first kappa shape index (κ1) is 8.63. The molecule has 0 saturated heterocycles. The van der Waals surface area contributed by atoms with Crippen molar-refractivity contribution in [3.05, 3.63) is 35.9 Å². The molecule has 0 aromatic heterocycles. The maximum Gasteiger partial charge on any atom is 0.261 e. The fourth-order valence-corrected chi connectivity index (χ4v) is 1.73. The van der Waals surface area contributed by atoms with Gasteiger partial charge in [-0.1, -0.05) is 30.3 Å². The van der Waals surface area contributed by atoms with Crippen LogP contribution in [-0.2, 0) is 0 Å². The van der Waals surface area contributed by atoms with Crippen molar-refractivity contribution in [3.63, 3.8) is 0 Å². The summed E-state index contributed by atoms with van der Waals surface area (Å²) in [6.45, 7) is -0.438. The van der Waals surface area contributed by atoms with Crippen molar-refractivity contribution in [2.24, 2.45) is 5.92 Å². The van der Waals surface area contributed by atoms with E-state index in [9.17, 15) is 8.78 Å². The first-order valence-corrected chi connectivity index (χ1v) is 4.21. The van der Waals surface area contributed by atoms with E-state index in [1.165, 1.54) is 0 Å². The third-order valence-electron chi connectivity index (χ3n) is 2.56. The number of hydrogen-bond donors (Lipinski definition) is 1. The van der Waals surface area contributed by atoms with Gasteiger partial charge in [-0.15, -0.1) is 0 Å². The second kappa shape index (κ2) is 2.77. The van der Waals surface area contributed by atoms with Gasteiger partial charge in [-0.25, -0.2) is 8.78 Å². The van der Waals surface area contributed by atoms with Crippen LogP contribution in [0.25, 0.3) is 0 Å². The summed E-state index contributed by atoms with van der Waals surface area (Å²) in [6.07, 6.45) is 0. The monoisotopic (exact) mass is 184 g/mol. The highest BCUT2D eigenvalue weighted by atomic mass is 19.3. The van der Waals surface area contributed by atoms with Gasteiger partial charge in [0.2, 0.25) is 0 Å². The van der Waals surface area contributed by atoms with Crippen molar-refractivity contribution in [2.45, 2.75) is 11.8 Å². The van der Waals surface area contributed by atoms with Crippen LogP contribution in [-0.4, -0.2) is 17.6 Å². The molecule has 3 heteroatoms. The van der Waals surface area contributed by atoms with Gasteiger partial charge in [-0.3, -0.25) is 0 Å². The maximum atomic E-state index is 13.0. The predicted octanol–water partition coefficient (Wildman–Crippen LogP) is 2.03. The molecule has 1 unspecified atom stereocenters. The van der Waals surface area contributed by atoms with Crippen LogP contribution in [0.4, 0.5) is 8.78 Å². The molecule has 13 heavy (non-hydrogen) atoms. The largest absolute Gasteiger partial charge is 0.396 e. The fraction of sp³-hybridized carbons (Fsp3) is 0.400. The Morgan fingerprint density at radius 2 is 1.85 bits per heavy atom. The molecule has 70 valence electrons. The number of aliphatic hydroxyl groups is 1. The topological polar surface area (TPSA) is 20.2 Å². The number of halogens is 2. The molecule has 1 aliphatic rings. The molecule has 1 aromatic carbocycles. The molecule has 1 nitrogen and oxygen atoms in total. The number of alkyl halides is 2. The summed E-state index contributed by atoms with van der Waals surface area (Å²) in [4.78, 5) is 0. The normalized spacial score (nSPS) is 30.1. The number of benzene rings is 1. The van der Waals surface area contributed by atoms with E-state index in [2.05, 4.69) is 0 Å². The van der Waals surface area contributed by atoms with E-state index < -0.39 is 24.4 Å². The molecule has 0 heterocycles. The molecule has 1 fully saturated rings. The molecule has 0 aliphatic heterocycles. The lowest BCUT2D eigenvalue weighted by Gasteiger charge is -1.96. The molecule has 1 aliphatic carbocycles. The van der Waals surface area contributed by atoms with Crippen molar-refractivity contribution < 1.29 is 13.9 Å². The Balaban J connectivity index is 2.22. The van der Waals surface area contributed by atoms with E-state index in [4.69, 9.17) is 5.11 Å². The average molecular weight is 184 g/mol. The van der Waals surface area contributed by atoms with Crippen LogP contribution < -0.4 is 0 Å². The molecule has 0 amide bonds. The summed E-state index contributed by atoms with van der Waals surface area (Å²) in [5.74, 6) is -4.37. The van der Waals surface area contributed by atoms with Crippen LogP contribution in [0.1, 0.15) is 11.5 Å². The molecule has 2 rings (SSSR count). The Morgan fingerprint density at radius 3 is 2.31 bits per heavy atom. The Labute approximate surface area is 75.0 Å². The van der Waals surface area contributed by atoms with Crippen LogP contribution in [0.5, 0.6) is 0 Å². The molecule has 1 aromatic rings. The second-order valence-corrected chi connectivity index (χ2v) is 3.35. The minimum Gasteiger partial charge on any atom is -0.396 e. The van der Waals surface area contributed by atoms with Crippen molar-refractivity contribution in [2.75, 3.05) is 6.61 Å². The molecular formula is C10H10F2O. The van der Waals surface area contributed by atoms with Gasteiger partial charge in [0.1, 0.15) is 0 Å². The summed E-state index contributed by atoms with van der Waals surface area (Å²) in [6, 6.07) is 8.61. The fourth-order valence-electron chi connectivity index (χ4n) is 1.73. The van der Waals surface area contributed by atoms with E-state index >= 15 is 0 Å². The highest BCUT2D eigenvalue weighted by Gasteiger charge is 2.68. The zero-order chi connectivity index (χ0) is 9.47. The lowest BCUT2D eigenvalue weighted by molar-refractivity contribution is 0.0785. The average Bonchev–Trinajstić information content (AvgIpc) is 2.69. The summed E-state index contributed by atoms with van der Waals surface area (Å²) < 4.78 is 26.0. The summed E-state index contributed by atoms with van der Waals surface area (Å²) in [7, 11) is 0. The molecule has 0 spiro atoms. The number of rotatable bonds is 2. The number of hydrogen-bond acceptors (Lipinski definition) is 1. The first-order valence-electron chi connectivity index (χ1n) is 4.21. The first-order chi connectivity index (χ1) is 6.18. The zero-order valence-corrected chi connectivity index (χ0v) is 6.95. The highest BCUT2D eigenvalue weighted by molar-refractivity contribution is 5.32. The molecule has 1 saturated carbocycles. The van der Waals surface area contributed by atoms with Gasteiger partial charge >= 0.3 is 0 Å². The maximum absolute atomic E-state index is 13.0. The lowest BCUT2D eigenvalue weighted by Crippen LogP contribution is -1.97. The zero-order valence-electron chi connectivity index (χ0n) is 6.95. The van der Waals surface area contributed by atoms with Gasteiger partial charge < -0.3 is 5.11 Å². The molecule has 1 N–H and O–H groups in total. The van der Waals surface area contributed by atoms with Crippen LogP contribution in [0.2, 0.25) is 0 Å². The van der Waals surface area contributed by atoms with Crippen molar-refractivity contribution in [1.29, 1.82) is 0 Å². The quantitative estimate of drug-likeness (QED) is 0.745. The lowest BCUT2D eigenvalue weighted by atomic mass is 10.1. The standard InChI is InChI=1S/C10H10F2O/c11-10(12)8(6-13)9(10)7-4-2-1-3-5-7/h1-5,8-9,13H,6H2/t8-,9?/m1/s1. The molecular weight excluding hydrogens is 174 g/mol. The number of aliphatic hydroxyl groups excluding tert-OH is 1. The van der Waals surface area contributed by atoms with E-state index in [0.29, 0.717) is 5.56 Å². The van der Waals surface area contributed by atoms with Gasteiger partial charge in [0.05, 0.1) is 18.4 Å². The predicted molar refractivity (Wildman–Crippen MR) is 44.7 cm³/mol. The van der Waals surface area contributed by atoms with E-state index in [1.807, 2.05) is 0 Å². The smallest absolute Gasteiger partial charge is 0.261 e. The Hall–Kier alpha value is -0.960. The highest BCUT2D eigenvalue weighted by Crippen LogP contribution is 2.61. The third-order valence-corrected chi connectivity index (χ3v) is 2.56. The minimum atomic E-state index is -2.71. The molecule has 2 atom stereocenters. The second-order valence-electron chi connectivity index (χ2n) is 3.35. The van der Waals surface area contributed by atoms with E-state index in [0.717, 1.165) is 0 Å². The Kier molecular flexibility index (Phi) is 1.84. The Morgan fingerprint density at radius 1 is 1.23 bits per heavy atom. The van der Waals surface area contributed by atoms with Crippen LogP contribution in [0.3, 0.4) is 0 Å². The van der Waals surface area contributed by atoms with Gasteiger partial charge in [-0.05, 0) is 5.56 Å². The van der Waals surface area contributed by atoms with Gasteiger partial charge in [0, 0.05) is 0 Å². The molecule has 0 bridgehead atoms. The van der Waals surface area contributed by atoms with Crippen LogP contribution >= 0.6 is 0 Å². The van der Waals surface area contributed by atoms with E-state index in [-0.39, 0.29) is 0 Å². The Bertz CT molecular complexity index is 297. The van der Waals surface area contributed by atoms with Gasteiger partial charge in [0.25, 0.3) is 5.92 Å². The minimum absolute atomic E-state index is 0.438. The summed E-state index contributed by atoms with van der Waals surface area (Å²) >= 11 is 0. The van der Waals surface area contributed by atoms with Crippen LogP contribution in [0, 0.1) is 5.92 Å². The van der Waals surface area contributed by atoms with Crippen molar-refractivity contribution >= 4 is 0 Å². The third kappa shape index (κ3) is 1.23. The molecule has 0 radical (unpaired) electrons. The van der Waals surface area contributed by atoms with Crippen LogP contribution in [0.15, 0.2) is 30.3 Å². The van der Waals surface area contributed by atoms with Crippen molar-refractivity contribution in [3.8, 4) is 0 Å². The summed E-state index contributed by atoms with van der Waals surface area (Å²) in [5.41, 5.74) is 0.617.